The Kier molecular flexibility index (Phi) is 4.40. The molecule has 2 aromatic rings. The standard InChI is InChI=1S/C12H14N6O2/c13-6-10-7-18(17-14-10)8-11(19)15-16-12(20)9-4-2-1-3-5-9/h1-5,7H,6,8,13H2,(H,15,19)(H,16,20). The molecular weight excluding hydrogens is 260 g/mol. The highest BCUT2D eigenvalue weighted by atomic mass is 16.2. The molecule has 0 spiro atoms. The Morgan fingerprint density at radius 1 is 1.20 bits per heavy atom. The molecule has 2 rings (SSSR count). The fourth-order valence-electron chi connectivity index (χ4n) is 1.48. The van der Waals surface area contributed by atoms with Gasteiger partial charge in [0.05, 0.1) is 11.9 Å². The Morgan fingerprint density at radius 3 is 2.60 bits per heavy atom. The van der Waals surface area contributed by atoms with Gasteiger partial charge in [-0.2, -0.15) is 0 Å². The van der Waals surface area contributed by atoms with Crippen LogP contribution in [-0.4, -0.2) is 26.8 Å². The zero-order chi connectivity index (χ0) is 14.4. The number of hydrazine groups is 1. The molecule has 2 amide bonds. The van der Waals surface area contributed by atoms with Crippen molar-refractivity contribution < 1.29 is 9.59 Å². The van der Waals surface area contributed by atoms with Gasteiger partial charge in [-0.05, 0) is 12.1 Å². The molecule has 0 atom stereocenters. The molecule has 4 N–H and O–H groups in total. The van der Waals surface area contributed by atoms with Crippen LogP contribution < -0.4 is 16.6 Å². The molecule has 0 aliphatic carbocycles. The molecule has 0 saturated heterocycles. The number of benzene rings is 1. The Hall–Kier alpha value is -2.74. The number of hydrogen-bond donors (Lipinski definition) is 3. The van der Waals surface area contributed by atoms with E-state index in [0.29, 0.717) is 11.3 Å². The summed E-state index contributed by atoms with van der Waals surface area (Å²) in [7, 11) is 0. The fraction of sp³-hybridized carbons (Fsp3) is 0.167. The number of amides is 2. The number of nitrogens with two attached hydrogens (primary N) is 1. The van der Waals surface area contributed by atoms with Crippen LogP contribution in [-0.2, 0) is 17.9 Å². The molecule has 1 aromatic heterocycles. The van der Waals surface area contributed by atoms with Crippen LogP contribution >= 0.6 is 0 Å². The predicted molar refractivity (Wildman–Crippen MR) is 70.0 cm³/mol. The molecule has 1 aromatic carbocycles. The summed E-state index contributed by atoms with van der Waals surface area (Å²) < 4.78 is 1.34. The van der Waals surface area contributed by atoms with Gasteiger partial charge in [-0.3, -0.25) is 20.4 Å². The van der Waals surface area contributed by atoms with Crippen molar-refractivity contribution in [2.75, 3.05) is 0 Å². The van der Waals surface area contributed by atoms with Crippen LogP contribution in [0.15, 0.2) is 36.5 Å². The predicted octanol–water partition coefficient (Wildman–Crippen LogP) is -0.802. The molecular formula is C12H14N6O2. The topological polar surface area (TPSA) is 115 Å². The molecule has 0 aliphatic rings. The van der Waals surface area contributed by atoms with Gasteiger partial charge in [-0.1, -0.05) is 23.4 Å². The van der Waals surface area contributed by atoms with Crippen LogP contribution in [0.4, 0.5) is 0 Å². The first-order valence-electron chi connectivity index (χ1n) is 5.92. The Balaban J connectivity index is 1.82. The summed E-state index contributed by atoms with van der Waals surface area (Å²) in [5.74, 6) is -0.803. The van der Waals surface area contributed by atoms with Crippen LogP contribution in [0.25, 0.3) is 0 Å². The summed E-state index contributed by atoms with van der Waals surface area (Å²) >= 11 is 0. The van der Waals surface area contributed by atoms with Crippen LogP contribution in [0.5, 0.6) is 0 Å². The minimum absolute atomic E-state index is 0.0535. The van der Waals surface area contributed by atoms with Crippen molar-refractivity contribution in [3.05, 3.63) is 47.8 Å². The molecule has 0 saturated carbocycles. The van der Waals surface area contributed by atoms with E-state index in [1.807, 2.05) is 0 Å². The lowest BCUT2D eigenvalue weighted by Crippen LogP contribution is -2.43. The molecule has 8 nitrogen and oxygen atoms in total. The molecule has 0 fully saturated rings. The van der Waals surface area contributed by atoms with Crippen LogP contribution in [0.1, 0.15) is 16.1 Å². The third kappa shape index (κ3) is 3.62. The van der Waals surface area contributed by atoms with E-state index >= 15 is 0 Å². The van der Waals surface area contributed by atoms with Gasteiger partial charge in [0.1, 0.15) is 6.54 Å². The number of nitrogens with zero attached hydrogens (tertiary/aromatic N) is 3. The van der Waals surface area contributed by atoms with E-state index in [-0.39, 0.29) is 19.0 Å². The third-order valence-corrected chi connectivity index (χ3v) is 2.45. The number of aromatic nitrogens is 3. The molecule has 0 aliphatic heterocycles. The maximum atomic E-state index is 11.7. The average molecular weight is 274 g/mol. The van der Waals surface area contributed by atoms with Crippen LogP contribution in [0.3, 0.4) is 0 Å². The van der Waals surface area contributed by atoms with Crippen molar-refractivity contribution in [3.8, 4) is 0 Å². The second-order valence-corrected chi connectivity index (χ2v) is 3.98. The van der Waals surface area contributed by atoms with Crippen LogP contribution in [0, 0.1) is 0 Å². The minimum Gasteiger partial charge on any atom is -0.325 e. The van der Waals surface area contributed by atoms with Gasteiger partial charge in [0.2, 0.25) is 0 Å². The van der Waals surface area contributed by atoms with Crippen LogP contribution in [0.2, 0.25) is 0 Å². The number of nitrogens with one attached hydrogen (secondary N) is 2. The first kappa shape index (κ1) is 13.7. The Morgan fingerprint density at radius 2 is 1.95 bits per heavy atom. The lowest BCUT2D eigenvalue weighted by atomic mass is 10.2. The van der Waals surface area contributed by atoms with Gasteiger partial charge in [0, 0.05) is 12.1 Å². The zero-order valence-electron chi connectivity index (χ0n) is 10.6. The third-order valence-electron chi connectivity index (χ3n) is 2.45. The van der Waals surface area contributed by atoms with E-state index in [2.05, 4.69) is 21.2 Å². The van der Waals surface area contributed by atoms with Gasteiger partial charge >= 0.3 is 0 Å². The van der Waals surface area contributed by atoms with E-state index in [1.165, 1.54) is 4.68 Å². The van der Waals surface area contributed by atoms with Gasteiger partial charge in [-0.15, -0.1) is 5.10 Å². The second-order valence-electron chi connectivity index (χ2n) is 3.98. The second kappa shape index (κ2) is 6.43. The first-order chi connectivity index (χ1) is 9.69. The molecule has 104 valence electrons. The number of carbonyl (C=O) groups excluding carboxylic acids is 2. The lowest BCUT2D eigenvalue weighted by molar-refractivity contribution is -0.122. The summed E-state index contributed by atoms with van der Waals surface area (Å²) in [5, 5.41) is 7.48. The molecule has 0 radical (unpaired) electrons. The van der Waals surface area contributed by atoms with Gasteiger partial charge in [0.15, 0.2) is 0 Å². The largest absolute Gasteiger partial charge is 0.325 e. The normalized spacial score (nSPS) is 10.1. The number of carbonyl (C=O) groups is 2. The van der Waals surface area contributed by atoms with Crippen molar-refractivity contribution >= 4 is 11.8 Å². The van der Waals surface area contributed by atoms with Gasteiger partial charge in [-0.25, -0.2) is 4.68 Å². The first-order valence-corrected chi connectivity index (χ1v) is 5.92. The SMILES string of the molecule is NCc1cn(CC(=O)NNC(=O)c2ccccc2)nn1. The summed E-state index contributed by atoms with van der Waals surface area (Å²) in [4.78, 5) is 23.3. The van der Waals surface area contributed by atoms with E-state index in [9.17, 15) is 9.59 Å². The van der Waals surface area contributed by atoms with E-state index in [4.69, 9.17) is 5.73 Å². The highest BCUT2D eigenvalue weighted by molar-refractivity contribution is 5.95. The smallest absolute Gasteiger partial charge is 0.269 e. The lowest BCUT2D eigenvalue weighted by Gasteiger charge is -2.06. The quantitative estimate of drug-likeness (QED) is 0.631. The highest BCUT2D eigenvalue weighted by Gasteiger charge is 2.08. The number of rotatable bonds is 4. The average Bonchev–Trinajstić information content (AvgIpc) is 2.93. The van der Waals surface area contributed by atoms with Crippen molar-refractivity contribution in [1.29, 1.82) is 0 Å². The van der Waals surface area contributed by atoms with Crippen molar-refractivity contribution in [2.45, 2.75) is 13.1 Å². The summed E-state index contributed by atoms with van der Waals surface area (Å²) in [6.45, 7) is 0.203. The van der Waals surface area contributed by atoms with Crippen molar-refractivity contribution in [2.24, 2.45) is 5.73 Å². The Bertz CT molecular complexity index is 595. The summed E-state index contributed by atoms with van der Waals surface area (Å²) in [5.41, 5.74) is 11.0. The van der Waals surface area contributed by atoms with Gasteiger partial charge < -0.3 is 5.73 Å². The Labute approximate surface area is 114 Å². The number of hydrogen-bond acceptors (Lipinski definition) is 5. The molecule has 0 unspecified atom stereocenters. The molecule has 8 heteroatoms. The van der Waals surface area contributed by atoms with E-state index < -0.39 is 5.91 Å². The van der Waals surface area contributed by atoms with Crippen molar-refractivity contribution in [3.63, 3.8) is 0 Å². The maximum Gasteiger partial charge on any atom is 0.269 e. The summed E-state index contributed by atoms with van der Waals surface area (Å²) in [6.07, 6.45) is 1.57. The monoisotopic (exact) mass is 274 g/mol. The maximum absolute atomic E-state index is 11.7. The fourth-order valence-corrected chi connectivity index (χ4v) is 1.48. The van der Waals surface area contributed by atoms with Crippen molar-refractivity contribution in [1.82, 2.24) is 25.8 Å². The van der Waals surface area contributed by atoms with E-state index in [1.54, 1.807) is 36.5 Å². The zero-order valence-corrected chi connectivity index (χ0v) is 10.6. The molecule has 0 bridgehead atoms. The van der Waals surface area contributed by atoms with E-state index in [0.717, 1.165) is 0 Å². The highest BCUT2D eigenvalue weighted by Crippen LogP contribution is 1.96. The minimum atomic E-state index is -0.414. The van der Waals surface area contributed by atoms with Gasteiger partial charge in [0.25, 0.3) is 11.8 Å². The summed E-state index contributed by atoms with van der Waals surface area (Å²) in [6, 6.07) is 8.56. The molecule has 20 heavy (non-hydrogen) atoms. The molecule has 1 heterocycles.